The Kier molecular flexibility index (Phi) is 5.95. The van der Waals surface area contributed by atoms with Gasteiger partial charge in [-0.3, -0.25) is 9.59 Å². The van der Waals surface area contributed by atoms with Crippen LogP contribution in [0.1, 0.15) is 61.3 Å². The average molecular weight is 464 g/mol. The monoisotopic (exact) mass is 464 g/mol. The number of carboxylic acid groups (broad SMARTS) is 1. The molecule has 8 nitrogen and oxygen atoms in total. The summed E-state index contributed by atoms with van der Waals surface area (Å²) in [5, 5.41) is 9.78. The van der Waals surface area contributed by atoms with Crippen LogP contribution in [-0.2, 0) is 7.05 Å². The van der Waals surface area contributed by atoms with Gasteiger partial charge in [0.2, 0.25) is 0 Å². The van der Waals surface area contributed by atoms with E-state index < -0.39 is 29.7 Å². The number of hydrogen-bond acceptors (Lipinski definition) is 5. The highest BCUT2D eigenvalue weighted by Crippen LogP contribution is 2.47. The van der Waals surface area contributed by atoms with Crippen LogP contribution in [0.5, 0.6) is 0 Å². The number of carbonyl (C=O) groups is 3. The van der Waals surface area contributed by atoms with E-state index >= 15 is 0 Å². The number of benzene rings is 2. The first kappa shape index (κ1) is 23.2. The minimum atomic E-state index is -1.20. The fourth-order valence-corrected chi connectivity index (χ4v) is 4.65. The molecule has 1 amide bonds. The smallest absolute Gasteiger partial charge is 0.336 e. The van der Waals surface area contributed by atoms with Crippen molar-refractivity contribution in [1.29, 1.82) is 0 Å². The summed E-state index contributed by atoms with van der Waals surface area (Å²) in [6.45, 7) is 2.33. The topological polar surface area (TPSA) is 95.7 Å². The Morgan fingerprint density at radius 2 is 1.91 bits per heavy atom. The number of carbonyl (C=O) groups excluding carboxylic acids is 2. The SMILES string of the molecule is CCN1c2cccc(C(=O)O)c2C(=O)C(c2nccn2C)C1c1ccc(F)c(C(=O)N(C)C)c1. The number of rotatable bonds is 5. The molecule has 2 heterocycles. The van der Waals surface area contributed by atoms with Gasteiger partial charge in [0.05, 0.1) is 22.7 Å². The number of fused-ring (bicyclic) bond motifs is 1. The maximum atomic E-state index is 14.6. The number of halogens is 1. The first-order valence-electron chi connectivity index (χ1n) is 10.8. The van der Waals surface area contributed by atoms with Crippen molar-refractivity contribution < 1.29 is 23.9 Å². The number of imidazole rings is 1. The van der Waals surface area contributed by atoms with Gasteiger partial charge >= 0.3 is 5.97 Å². The average Bonchev–Trinajstić information content (AvgIpc) is 3.23. The predicted octanol–water partition coefficient (Wildman–Crippen LogP) is 3.51. The van der Waals surface area contributed by atoms with Crippen LogP contribution in [-0.4, -0.2) is 57.9 Å². The van der Waals surface area contributed by atoms with Gasteiger partial charge in [-0.05, 0) is 36.8 Å². The molecule has 0 radical (unpaired) electrons. The highest BCUT2D eigenvalue weighted by Gasteiger charge is 2.45. The second kappa shape index (κ2) is 8.74. The van der Waals surface area contributed by atoms with Crippen LogP contribution in [0.25, 0.3) is 0 Å². The van der Waals surface area contributed by atoms with Crippen molar-refractivity contribution in [3.05, 3.63) is 82.7 Å². The normalized spacial score (nSPS) is 17.4. The van der Waals surface area contributed by atoms with Crippen LogP contribution in [0.2, 0.25) is 0 Å². The van der Waals surface area contributed by atoms with Crippen LogP contribution in [0.15, 0.2) is 48.8 Å². The Bertz CT molecular complexity index is 1300. The first-order chi connectivity index (χ1) is 16.2. The fraction of sp³-hybridized carbons (Fsp3) is 0.280. The van der Waals surface area contributed by atoms with Crippen LogP contribution in [0.3, 0.4) is 0 Å². The van der Waals surface area contributed by atoms with E-state index in [9.17, 15) is 23.9 Å². The Balaban J connectivity index is 2.00. The molecule has 1 N–H and O–H groups in total. The Labute approximate surface area is 196 Å². The molecule has 3 aromatic rings. The lowest BCUT2D eigenvalue weighted by Gasteiger charge is -2.43. The summed E-state index contributed by atoms with van der Waals surface area (Å²) in [5.74, 6) is -3.16. The van der Waals surface area contributed by atoms with Gasteiger partial charge in [0.15, 0.2) is 5.78 Å². The molecular formula is C25H25FN4O4. The lowest BCUT2D eigenvalue weighted by Crippen LogP contribution is -2.43. The summed E-state index contributed by atoms with van der Waals surface area (Å²) < 4.78 is 16.3. The third-order valence-electron chi connectivity index (χ3n) is 6.21. The summed E-state index contributed by atoms with van der Waals surface area (Å²) >= 11 is 0. The predicted molar refractivity (Wildman–Crippen MR) is 124 cm³/mol. The summed E-state index contributed by atoms with van der Waals surface area (Å²) in [7, 11) is 4.84. The van der Waals surface area contributed by atoms with Gasteiger partial charge in [-0.15, -0.1) is 0 Å². The number of amides is 1. The maximum Gasteiger partial charge on any atom is 0.336 e. The third-order valence-corrected chi connectivity index (χ3v) is 6.21. The number of carboxylic acids is 1. The lowest BCUT2D eigenvalue weighted by atomic mass is 9.78. The standard InChI is InChI=1S/C25H25FN4O4/c1-5-30-18-8-6-7-15(25(33)34)19(18)22(31)20(23-27-11-12-29(23)4)21(30)14-9-10-17(26)16(13-14)24(32)28(2)3/h6-13,20-21H,5H2,1-4H3,(H,33,34). The Morgan fingerprint density at radius 3 is 2.50 bits per heavy atom. The second-order valence-electron chi connectivity index (χ2n) is 8.41. The number of nitrogens with zero attached hydrogens (tertiary/aromatic N) is 4. The Morgan fingerprint density at radius 1 is 1.18 bits per heavy atom. The maximum absolute atomic E-state index is 14.6. The van der Waals surface area contributed by atoms with Crippen molar-refractivity contribution >= 4 is 23.3 Å². The van der Waals surface area contributed by atoms with Crippen molar-refractivity contribution in [3.63, 3.8) is 0 Å². The van der Waals surface area contributed by atoms with Crippen LogP contribution in [0, 0.1) is 5.82 Å². The van der Waals surface area contributed by atoms with Crippen molar-refractivity contribution in [2.24, 2.45) is 7.05 Å². The molecule has 2 atom stereocenters. The van der Waals surface area contributed by atoms with E-state index in [0.717, 1.165) is 0 Å². The van der Waals surface area contributed by atoms with Crippen molar-refractivity contribution in [2.75, 3.05) is 25.5 Å². The summed E-state index contributed by atoms with van der Waals surface area (Å²) in [6.07, 6.45) is 3.28. The molecule has 0 aliphatic carbocycles. The molecule has 34 heavy (non-hydrogen) atoms. The zero-order valence-electron chi connectivity index (χ0n) is 19.3. The molecule has 0 saturated heterocycles. The quantitative estimate of drug-likeness (QED) is 0.621. The van der Waals surface area contributed by atoms with Crippen LogP contribution in [0.4, 0.5) is 10.1 Å². The van der Waals surface area contributed by atoms with Crippen molar-refractivity contribution in [3.8, 4) is 0 Å². The zero-order chi connectivity index (χ0) is 24.7. The van der Waals surface area contributed by atoms with E-state index in [1.807, 2.05) is 11.8 Å². The van der Waals surface area contributed by atoms with Gasteiger partial charge in [-0.1, -0.05) is 12.1 Å². The number of ketones is 1. The van der Waals surface area contributed by atoms with E-state index in [4.69, 9.17) is 0 Å². The minimum absolute atomic E-state index is 0.0822. The van der Waals surface area contributed by atoms with Gasteiger partial charge in [-0.25, -0.2) is 14.2 Å². The molecule has 176 valence electrons. The molecule has 2 aromatic carbocycles. The summed E-state index contributed by atoms with van der Waals surface area (Å²) in [4.78, 5) is 46.1. The molecule has 9 heteroatoms. The number of anilines is 1. The van der Waals surface area contributed by atoms with Crippen LogP contribution < -0.4 is 4.90 Å². The molecule has 0 fully saturated rings. The highest BCUT2D eigenvalue weighted by atomic mass is 19.1. The lowest BCUT2D eigenvalue weighted by molar-refractivity contribution is 0.0689. The largest absolute Gasteiger partial charge is 0.478 e. The van der Waals surface area contributed by atoms with Gasteiger partial charge < -0.3 is 19.5 Å². The Hall–Kier alpha value is -4.01. The third kappa shape index (κ3) is 3.63. The second-order valence-corrected chi connectivity index (χ2v) is 8.41. The first-order valence-corrected chi connectivity index (χ1v) is 10.8. The van der Waals surface area contributed by atoms with E-state index in [1.165, 1.54) is 37.2 Å². The molecule has 1 aromatic heterocycles. The summed E-state index contributed by atoms with van der Waals surface area (Å²) in [5.41, 5.74) is 0.970. The number of aromatic nitrogens is 2. The van der Waals surface area contributed by atoms with Gasteiger partial charge in [0.1, 0.15) is 17.6 Å². The van der Waals surface area contributed by atoms with Crippen molar-refractivity contribution in [1.82, 2.24) is 14.5 Å². The number of hydrogen-bond donors (Lipinski definition) is 1. The molecule has 0 bridgehead atoms. The molecule has 4 rings (SSSR count). The van der Waals surface area contributed by atoms with Gasteiger partial charge in [0.25, 0.3) is 5.91 Å². The van der Waals surface area contributed by atoms with E-state index in [1.54, 1.807) is 42.2 Å². The number of Topliss-reactive ketones (excluding diaryl/α,β-unsaturated/α-hetero) is 1. The fourth-order valence-electron chi connectivity index (χ4n) is 4.65. The number of likely N-dealkylation sites (N-methyl/N-ethyl adjacent to an activating group) is 1. The zero-order valence-corrected chi connectivity index (χ0v) is 19.3. The molecule has 0 saturated carbocycles. The number of aryl methyl sites for hydroxylation is 1. The van der Waals surface area contributed by atoms with Crippen LogP contribution >= 0.6 is 0 Å². The molecule has 1 aliphatic rings. The minimum Gasteiger partial charge on any atom is -0.478 e. The highest BCUT2D eigenvalue weighted by molar-refractivity contribution is 6.14. The molecule has 2 unspecified atom stereocenters. The van der Waals surface area contributed by atoms with E-state index in [2.05, 4.69) is 4.98 Å². The van der Waals surface area contributed by atoms with Crippen molar-refractivity contribution in [2.45, 2.75) is 18.9 Å². The van der Waals surface area contributed by atoms with Gasteiger partial charge in [-0.2, -0.15) is 0 Å². The molecule has 0 spiro atoms. The van der Waals surface area contributed by atoms with E-state index in [-0.39, 0.29) is 22.5 Å². The summed E-state index contributed by atoms with van der Waals surface area (Å²) in [6, 6.07) is 8.34. The van der Waals surface area contributed by atoms with E-state index in [0.29, 0.717) is 23.6 Å². The van der Waals surface area contributed by atoms with Gasteiger partial charge in [0, 0.05) is 45.8 Å². The molecular weight excluding hydrogens is 439 g/mol. The molecule has 1 aliphatic heterocycles. The number of aromatic carboxylic acids is 1.